The van der Waals surface area contributed by atoms with Gasteiger partial charge in [0.05, 0.1) is 17.9 Å². The third-order valence-corrected chi connectivity index (χ3v) is 4.23. The van der Waals surface area contributed by atoms with E-state index in [4.69, 9.17) is 9.84 Å². The van der Waals surface area contributed by atoms with Crippen LogP contribution in [0.2, 0.25) is 0 Å². The Morgan fingerprint density at radius 2 is 2.12 bits per heavy atom. The van der Waals surface area contributed by atoms with Crippen LogP contribution in [0.1, 0.15) is 0 Å². The molecule has 3 rings (SSSR count). The number of benzene rings is 1. The molecule has 2 N–H and O–H groups in total. The van der Waals surface area contributed by atoms with E-state index in [0.29, 0.717) is 24.5 Å². The predicted octanol–water partition coefficient (Wildman–Crippen LogP) is 1.13. The summed E-state index contributed by atoms with van der Waals surface area (Å²) in [5.41, 5.74) is 0.838. The van der Waals surface area contributed by atoms with Crippen LogP contribution in [-0.4, -0.2) is 68.2 Å². The number of piperazine rings is 1. The Morgan fingerprint density at radius 1 is 1.42 bits per heavy atom. The first-order valence-electron chi connectivity index (χ1n) is 7.66. The first kappa shape index (κ1) is 16.3. The number of ether oxygens (including phenoxy) is 1. The van der Waals surface area contributed by atoms with Gasteiger partial charge in [0.15, 0.2) is 6.23 Å². The Bertz CT molecular complexity index is 650. The Hall–Kier alpha value is -2.55. The van der Waals surface area contributed by atoms with Crippen molar-refractivity contribution in [3.8, 4) is 0 Å². The monoisotopic (exact) mass is 338 g/mol. The summed E-state index contributed by atoms with van der Waals surface area (Å²) in [4.78, 5) is 27.0. The van der Waals surface area contributed by atoms with Crippen molar-refractivity contribution in [2.75, 3.05) is 49.6 Å². The summed E-state index contributed by atoms with van der Waals surface area (Å²) in [5, 5.41) is 12.2. The largest absolute Gasteiger partial charge is 0.465 e. The van der Waals surface area contributed by atoms with E-state index in [2.05, 4.69) is 5.32 Å². The molecule has 0 aromatic heterocycles. The number of carbonyl (C=O) groups is 2. The molecule has 0 saturated carbocycles. The molecule has 2 saturated heterocycles. The van der Waals surface area contributed by atoms with Crippen LogP contribution in [0.3, 0.4) is 0 Å². The van der Waals surface area contributed by atoms with Crippen molar-refractivity contribution >= 4 is 23.6 Å². The van der Waals surface area contributed by atoms with Crippen molar-refractivity contribution in [1.82, 2.24) is 10.2 Å². The molecule has 0 radical (unpaired) electrons. The standard InChI is InChI=1S/C15H19FN4O4/c1-18(14(21)22)13-9-20(15(23)24-13)10-2-3-12(11(16)8-10)19-6-4-17-5-7-19/h2-3,8,13,17H,4-7,9H2,1H3,(H,21,22)/t13-/m0/s1. The number of hydrogen-bond acceptors (Lipinski definition) is 5. The van der Waals surface area contributed by atoms with Gasteiger partial charge in [-0.25, -0.2) is 14.0 Å². The number of hydrogen-bond donors (Lipinski definition) is 2. The molecule has 2 aliphatic heterocycles. The summed E-state index contributed by atoms with van der Waals surface area (Å²) in [6.45, 7) is 3.04. The van der Waals surface area contributed by atoms with Gasteiger partial charge in [-0.2, -0.15) is 0 Å². The maximum absolute atomic E-state index is 14.5. The van der Waals surface area contributed by atoms with Crippen LogP contribution in [0.25, 0.3) is 0 Å². The van der Waals surface area contributed by atoms with Crippen molar-refractivity contribution in [1.29, 1.82) is 0 Å². The SMILES string of the molecule is CN(C(=O)O)[C@@H]1CN(c2ccc(N3CCNCC3)c(F)c2)C(=O)O1. The van der Waals surface area contributed by atoms with Crippen molar-refractivity contribution < 1.29 is 23.8 Å². The Morgan fingerprint density at radius 3 is 2.75 bits per heavy atom. The highest BCUT2D eigenvalue weighted by Crippen LogP contribution is 2.28. The molecule has 1 aromatic rings. The summed E-state index contributed by atoms with van der Waals surface area (Å²) in [6.07, 6.45) is -2.80. The van der Waals surface area contributed by atoms with Gasteiger partial charge >= 0.3 is 12.2 Å². The number of carbonyl (C=O) groups excluding carboxylic acids is 1. The normalized spacial score (nSPS) is 20.9. The number of nitrogens with zero attached hydrogens (tertiary/aromatic N) is 3. The highest BCUT2D eigenvalue weighted by molar-refractivity contribution is 5.90. The van der Waals surface area contributed by atoms with E-state index in [1.807, 2.05) is 4.90 Å². The lowest BCUT2D eigenvalue weighted by atomic mass is 10.2. The van der Waals surface area contributed by atoms with Crippen LogP contribution in [0.5, 0.6) is 0 Å². The van der Waals surface area contributed by atoms with Crippen LogP contribution in [0.15, 0.2) is 18.2 Å². The highest BCUT2D eigenvalue weighted by atomic mass is 19.1. The molecule has 8 nitrogen and oxygen atoms in total. The van der Waals surface area contributed by atoms with Gasteiger partial charge in [0.1, 0.15) is 5.82 Å². The van der Waals surface area contributed by atoms with Gasteiger partial charge in [-0.1, -0.05) is 0 Å². The smallest absolute Gasteiger partial charge is 0.416 e. The maximum atomic E-state index is 14.5. The molecule has 1 aromatic carbocycles. The molecule has 9 heteroatoms. The number of rotatable bonds is 3. The minimum absolute atomic E-state index is 0.0219. The molecule has 130 valence electrons. The van der Waals surface area contributed by atoms with Crippen molar-refractivity contribution in [2.24, 2.45) is 0 Å². The molecule has 2 aliphatic rings. The van der Waals surface area contributed by atoms with Gasteiger partial charge in [-0.15, -0.1) is 0 Å². The van der Waals surface area contributed by atoms with Gasteiger partial charge in [0.2, 0.25) is 0 Å². The second-order valence-corrected chi connectivity index (χ2v) is 5.72. The number of carboxylic acid groups (broad SMARTS) is 1. The second-order valence-electron chi connectivity index (χ2n) is 5.72. The molecule has 0 bridgehead atoms. The quantitative estimate of drug-likeness (QED) is 0.859. The van der Waals surface area contributed by atoms with Crippen molar-refractivity contribution in [3.05, 3.63) is 24.0 Å². The fourth-order valence-electron chi connectivity index (χ4n) is 2.81. The molecule has 2 fully saturated rings. The van der Waals surface area contributed by atoms with Crippen molar-refractivity contribution in [3.63, 3.8) is 0 Å². The van der Waals surface area contributed by atoms with E-state index in [0.717, 1.165) is 18.0 Å². The molecule has 0 spiro atoms. The molecule has 1 atom stereocenters. The van der Waals surface area contributed by atoms with E-state index in [-0.39, 0.29) is 6.54 Å². The van der Waals surface area contributed by atoms with E-state index >= 15 is 0 Å². The van der Waals surface area contributed by atoms with E-state index in [1.54, 1.807) is 12.1 Å². The van der Waals surface area contributed by atoms with Crippen molar-refractivity contribution in [2.45, 2.75) is 6.23 Å². The summed E-state index contributed by atoms with van der Waals surface area (Å²) in [7, 11) is 1.32. The zero-order valence-electron chi connectivity index (χ0n) is 13.2. The van der Waals surface area contributed by atoms with Crippen LogP contribution in [0, 0.1) is 5.82 Å². The Balaban J connectivity index is 1.76. The van der Waals surface area contributed by atoms with E-state index < -0.39 is 24.2 Å². The molecule has 0 aliphatic carbocycles. The van der Waals surface area contributed by atoms with E-state index in [1.165, 1.54) is 18.0 Å². The van der Waals surface area contributed by atoms with Crippen LogP contribution < -0.4 is 15.1 Å². The number of nitrogens with one attached hydrogen (secondary N) is 1. The Kier molecular flexibility index (Phi) is 4.43. The zero-order chi connectivity index (χ0) is 17.3. The summed E-state index contributed by atoms with van der Waals surface area (Å²) in [5.74, 6) is -0.419. The van der Waals surface area contributed by atoms with Gasteiger partial charge in [-0.05, 0) is 18.2 Å². The lowest BCUT2D eigenvalue weighted by Gasteiger charge is -2.30. The van der Waals surface area contributed by atoms with Crippen LogP contribution in [0.4, 0.5) is 25.4 Å². The predicted molar refractivity (Wildman–Crippen MR) is 84.9 cm³/mol. The molecule has 0 unspecified atom stereocenters. The molecule has 24 heavy (non-hydrogen) atoms. The summed E-state index contributed by atoms with van der Waals surface area (Å²) >= 11 is 0. The average molecular weight is 338 g/mol. The Labute approximate surface area is 138 Å². The minimum Gasteiger partial charge on any atom is -0.465 e. The average Bonchev–Trinajstić information content (AvgIpc) is 2.96. The lowest BCUT2D eigenvalue weighted by molar-refractivity contribution is 0.0415. The third-order valence-electron chi connectivity index (χ3n) is 4.23. The fourth-order valence-corrected chi connectivity index (χ4v) is 2.81. The summed E-state index contributed by atoms with van der Waals surface area (Å²) < 4.78 is 19.5. The lowest BCUT2D eigenvalue weighted by Crippen LogP contribution is -2.43. The number of amides is 2. The molecular weight excluding hydrogens is 319 g/mol. The molecular formula is C15H19FN4O4. The molecule has 2 heterocycles. The van der Waals surface area contributed by atoms with E-state index in [9.17, 15) is 14.0 Å². The topological polar surface area (TPSA) is 85.4 Å². The number of cyclic esters (lactones) is 1. The van der Waals surface area contributed by atoms with Crippen LogP contribution >= 0.6 is 0 Å². The second kappa shape index (κ2) is 6.52. The number of anilines is 2. The highest BCUT2D eigenvalue weighted by Gasteiger charge is 2.37. The number of likely N-dealkylation sites (N-methyl/N-ethyl adjacent to an activating group) is 1. The van der Waals surface area contributed by atoms with Gasteiger partial charge in [0, 0.05) is 33.2 Å². The van der Waals surface area contributed by atoms with Gasteiger partial charge in [0.25, 0.3) is 0 Å². The first-order chi connectivity index (χ1) is 11.5. The zero-order valence-corrected chi connectivity index (χ0v) is 13.2. The maximum Gasteiger partial charge on any atom is 0.416 e. The third kappa shape index (κ3) is 3.07. The first-order valence-corrected chi connectivity index (χ1v) is 7.66. The van der Waals surface area contributed by atoms with Crippen LogP contribution in [-0.2, 0) is 4.74 Å². The van der Waals surface area contributed by atoms with Gasteiger partial charge < -0.3 is 20.1 Å². The minimum atomic E-state index is -1.20. The van der Waals surface area contributed by atoms with Gasteiger partial charge in [-0.3, -0.25) is 9.80 Å². The molecule has 2 amide bonds. The fraction of sp³-hybridized carbons (Fsp3) is 0.467. The number of halogens is 1. The summed E-state index contributed by atoms with van der Waals surface area (Å²) in [6, 6.07) is 4.56.